The first-order chi connectivity index (χ1) is 12.2. The average molecular weight is 344 g/mol. The summed E-state index contributed by atoms with van der Waals surface area (Å²) in [7, 11) is 3.11. The summed E-state index contributed by atoms with van der Waals surface area (Å²) in [5, 5.41) is 0. The maximum Gasteiger partial charge on any atom is 0.273 e. The van der Waals surface area contributed by atoms with Gasteiger partial charge in [-0.25, -0.2) is 0 Å². The molecule has 25 heavy (non-hydrogen) atoms. The van der Waals surface area contributed by atoms with E-state index in [0.29, 0.717) is 35.8 Å². The van der Waals surface area contributed by atoms with E-state index in [-0.39, 0.29) is 0 Å². The Kier molecular flexibility index (Phi) is 6.79. The second-order valence-corrected chi connectivity index (χ2v) is 4.97. The van der Waals surface area contributed by atoms with Crippen LogP contribution in [-0.2, 0) is 4.74 Å². The molecule has 0 aromatic heterocycles. The fourth-order valence-electron chi connectivity index (χ4n) is 2.01. The number of para-hydroxylation sites is 1. The molecule has 0 atom stereocenters. The van der Waals surface area contributed by atoms with Gasteiger partial charge in [0, 0.05) is 12.7 Å². The van der Waals surface area contributed by atoms with Gasteiger partial charge in [-0.1, -0.05) is 12.1 Å². The second kappa shape index (κ2) is 9.29. The van der Waals surface area contributed by atoms with E-state index < -0.39 is 11.8 Å². The minimum Gasteiger partial charge on any atom is -0.497 e. The fraction of sp³-hybridized carbons (Fsp3) is 0.222. The Morgan fingerprint density at radius 1 is 0.880 bits per heavy atom. The van der Waals surface area contributed by atoms with E-state index in [0.717, 1.165) is 0 Å². The molecule has 0 spiro atoms. The van der Waals surface area contributed by atoms with Gasteiger partial charge in [-0.2, -0.15) is 0 Å². The maximum absolute atomic E-state index is 12.3. The second-order valence-electron chi connectivity index (χ2n) is 4.97. The lowest BCUT2D eigenvalue weighted by molar-refractivity contribution is 0.0842. The van der Waals surface area contributed by atoms with E-state index in [4.69, 9.17) is 14.2 Å². The maximum atomic E-state index is 12.3. The Bertz CT molecular complexity index is 716. The van der Waals surface area contributed by atoms with E-state index in [1.165, 1.54) is 0 Å². The molecule has 0 unspecified atom stereocenters. The number of nitrogens with one attached hydrogen (secondary N) is 2. The summed E-state index contributed by atoms with van der Waals surface area (Å²) in [5.74, 6) is 0.141. The molecule has 2 rings (SSSR count). The molecular formula is C18H20N2O5. The van der Waals surface area contributed by atoms with Crippen molar-refractivity contribution < 1.29 is 23.8 Å². The number of hydrogen-bond acceptors (Lipinski definition) is 5. The normalized spacial score (nSPS) is 10.0. The third-order valence-corrected chi connectivity index (χ3v) is 3.32. The molecular weight excluding hydrogens is 324 g/mol. The number of carbonyl (C=O) groups is 2. The van der Waals surface area contributed by atoms with Gasteiger partial charge in [0.2, 0.25) is 0 Å². The molecule has 2 aromatic rings. The summed E-state index contributed by atoms with van der Waals surface area (Å²) in [6.45, 7) is 0.725. The van der Waals surface area contributed by atoms with E-state index in [1.54, 1.807) is 62.8 Å². The molecule has 0 aliphatic heterocycles. The highest BCUT2D eigenvalue weighted by atomic mass is 16.5. The molecule has 0 aliphatic rings. The Morgan fingerprint density at radius 2 is 1.56 bits per heavy atom. The predicted molar refractivity (Wildman–Crippen MR) is 91.7 cm³/mol. The molecule has 2 amide bonds. The van der Waals surface area contributed by atoms with Crippen LogP contribution < -0.4 is 20.3 Å². The minimum absolute atomic E-state index is 0.314. The van der Waals surface area contributed by atoms with Crippen molar-refractivity contribution >= 4 is 11.8 Å². The standard InChI is InChI=1S/C18H20N2O5/c1-23-11-12-25-16-6-4-3-5-15(16)18(22)20-19-17(21)13-7-9-14(24-2)10-8-13/h3-10H,11-12H2,1-2H3,(H,19,21)(H,20,22). The van der Waals surface area contributed by atoms with Gasteiger partial charge >= 0.3 is 0 Å². The quantitative estimate of drug-likeness (QED) is 0.591. The Hall–Kier alpha value is -3.06. The van der Waals surface area contributed by atoms with Crippen LogP contribution in [0, 0.1) is 0 Å². The summed E-state index contributed by atoms with van der Waals surface area (Å²) in [6.07, 6.45) is 0. The number of benzene rings is 2. The highest BCUT2D eigenvalue weighted by molar-refractivity contribution is 6.00. The van der Waals surface area contributed by atoms with Crippen molar-refractivity contribution in [2.24, 2.45) is 0 Å². The monoisotopic (exact) mass is 344 g/mol. The zero-order valence-corrected chi connectivity index (χ0v) is 14.1. The Labute approximate surface area is 145 Å². The third-order valence-electron chi connectivity index (χ3n) is 3.32. The van der Waals surface area contributed by atoms with E-state index in [2.05, 4.69) is 10.9 Å². The molecule has 2 N–H and O–H groups in total. The van der Waals surface area contributed by atoms with E-state index >= 15 is 0 Å². The molecule has 0 saturated heterocycles. The molecule has 0 aliphatic carbocycles. The topological polar surface area (TPSA) is 85.9 Å². The predicted octanol–water partition coefficient (Wildman–Crippen LogP) is 1.80. The molecule has 7 heteroatoms. The van der Waals surface area contributed by atoms with Gasteiger partial charge in [-0.05, 0) is 36.4 Å². The summed E-state index contributed by atoms with van der Waals surface area (Å²) in [6, 6.07) is 13.3. The third kappa shape index (κ3) is 5.22. The van der Waals surface area contributed by atoms with Gasteiger partial charge < -0.3 is 14.2 Å². The first-order valence-corrected chi connectivity index (χ1v) is 7.61. The van der Waals surface area contributed by atoms with Crippen molar-refractivity contribution in [1.29, 1.82) is 0 Å². The summed E-state index contributed by atoms with van der Waals surface area (Å²) in [4.78, 5) is 24.3. The van der Waals surface area contributed by atoms with Gasteiger partial charge in [-0.3, -0.25) is 20.4 Å². The van der Waals surface area contributed by atoms with Crippen LogP contribution in [0.15, 0.2) is 48.5 Å². The number of methoxy groups -OCH3 is 2. The van der Waals surface area contributed by atoms with Crippen LogP contribution >= 0.6 is 0 Å². The van der Waals surface area contributed by atoms with Gasteiger partial charge in [0.05, 0.1) is 19.3 Å². The van der Waals surface area contributed by atoms with Crippen LogP contribution in [0.4, 0.5) is 0 Å². The lowest BCUT2D eigenvalue weighted by atomic mass is 10.2. The molecule has 7 nitrogen and oxygen atoms in total. The van der Waals surface area contributed by atoms with E-state index in [9.17, 15) is 9.59 Å². The van der Waals surface area contributed by atoms with Crippen LogP contribution in [0.3, 0.4) is 0 Å². The van der Waals surface area contributed by atoms with Crippen molar-refractivity contribution in [2.45, 2.75) is 0 Å². The van der Waals surface area contributed by atoms with Gasteiger partial charge in [0.15, 0.2) is 0 Å². The van der Waals surface area contributed by atoms with Gasteiger partial charge in [0.25, 0.3) is 11.8 Å². The minimum atomic E-state index is -0.477. The number of rotatable bonds is 7. The van der Waals surface area contributed by atoms with Crippen LogP contribution in [-0.4, -0.2) is 39.2 Å². The molecule has 0 radical (unpaired) electrons. The molecule has 0 bridgehead atoms. The van der Waals surface area contributed by atoms with Crippen LogP contribution in [0.1, 0.15) is 20.7 Å². The van der Waals surface area contributed by atoms with Crippen LogP contribution in [0.5, 0.6) is 11.5 Å². The molecule has 132 valence electrons. The van der Waals surface area contributed by atoms with Crippen LogP contribution in [0.2, 0.25) is 0 Å². The van der Waals surface area contributed by atoms with Crippen LogP contribution in [0.25, 0.3) is 0 Å². The average Bonchev–Trinajstić information content (AvgIpc) is 2.66. The lowest BCUT2D eigenvalue weighted by Gasteiger charge is -2.12. The summed E-state index contributed by atoms with van der Waals surface area (Å²) < 4.78 is 15.5. The first kappa shape index (κ1) is 18.3. The van der Waals surface area contributed by atoms with Crippen molar-refractivity contribution in [2.75, 3.05) is 27.4 Å². The zero-order chi connectivity index (χ0) is 18.1. The SMILES string of the molecule is COCCOc1ccccc1C(=O)NNC(=O)c1ccc(OC)cc1. The Morgan fingerprint density at radius 3 is 2.24 bits per heavy atom. The van der Waals surface area contributed by atoms with Crippen molar-refractivity contribution in [3.05, 3.63) is 59.7 Å². The highest BCUT2D eigenvalue weighted by Gasteiger charge is 2.13. The Balaban J connectivity index is 1.96. The molecule has 2 aromatic carbocycles. The molecule has 0 saturated carbocycles. The first-order valence-electron chi connectivity index (χ1n) is 7.61. The summed E-state index contributed by atoms with van der Waals surface area (Å²) in [5.41, 5.74) is 5.45. The van der Waals surface area contributed by atoms with Crippen molar-refractivity contribution in [3.8, 4) is 11.5 Å². The van der Waals surface area contributed by atoms with Crippen molar-refractivity contribution in [3.63, 3.8) is 0 Å². The smallest absolute Gasteiger partial charge is 0.273 e. The summed E-state index contributed by atoms with van der Waals surface area (Å²) >= 11 is 0. The number of carbonyl (C=O) groups excluding carboxylic acids is 2. The molecule has 0 fully saturated rings. The van der Waals surface area contributed by atoms with Gasteiger partial charge in [-0.15, -0.1) is 0 Å². The van der Waals surface area contributed by atoms with Crippen molar-refractivity contribution in [1.82, 2.24) is 10.9 Å². The fourth-order valence-corrected chi connectivity index (χ4v) is 2.01. The number of hydrazine groups is 1. The largest absolute Gasteiger partial charge is 0.497 e. The van der Waals surface area contributed by atoms with E-state index in [1.807, 2.05) is 0 Å². The number of amides is 2. The molecule has 0 heterocycles. The number of hydrogen-bond donors (Lipinski definition) is 2. The highest BCUT2D eigenvalue weighted by Crippen LogP contribution is 2.17. The number of ether oxygens (including phenoxy) is 3. The van der Waals surface area contributed by atoms with Gasteiger partial charge in [0.1, 0.15) is 18.1 Å². The lowest BCUT2D eigenvalue weighted by Crippen LogP contribution is -2.41. The zero-order valence-electron chi connectivity index (χ0n) is 14.1.